The van der Waals surface area contributed by atoms with E-state index in [9.17, 15) is 19.2 Å². The van der Waals surface area contributed by atoms with Crippen molar-refractivity contribution in [2.45, 2.75) is 87.6 Å². The first-order valence-corrected chi connectivity index (χ1v) is 22.3. The molecule has 14 N–H and O–H groups in total. The second-order valence-corrected chi connectivity index (χ2v) is 16.6. The summed E-state index contributed by atoms with van der Waals surface area (Å²) in [6.07, 6.45) is 16.2. The zero-order valence-electron chi connectivity index (χ0n) is 38.5. The third-order valence-electron chi connectivity index (χ3n) is 11.9. The number of amides is 4. The fourth-order valence-corrected chi connectivity index (χ4v) is 8.63. The van der Waals surface area contributed by atoms with Crippen molar-refractivity contribution in [2.75, 3.05) is 13.1 Å². The van der Waals surface area contributed by atoms with E-state index in [1.54, 1.807) is 22.5 Å². The number of carbonyl (C=O) groups excluding carboxylic acids is 4. The normalized spacial score (nSPS) is 17.8. The van der Waals surface area contributed by atoms with E-state index in [0.29, 0.717) is 51.6 Å². The van der Waals surface area contributed by atoms with E-state index < -0.39 is 24.2 Å². The number of likely N-dealkylation sites (tertiary alicyclic amines) is 2. The highest BCUT2D eigenvalue weighted by Gasteiger charge is 2.40. The predicted octanol–water partition coefficient (Wildman–Crippen LogP) is -19.3. The van der Waals surface area contributed by atoms with Crippen molar-refractivity contribution in [1.29, 1.82) is 0 Å². The molecule has 2 saturated heterocycles. The van der Waals surface area contributed by atoms with Gasteiger partial charge in [-0.3, -0.25) is 29.8 Å². The van der Waals surface area contributed by atoms with Crippen molar-refractivity contribution in [1.82, 2.24) is 20.4 Å². The van der Waals surface area contributed by atoms with E-state index in [-0.39, 0.29) is 110 Å². The summed E-state index contributed by atoms with van der Waals surface area (Å²) < 4.78 is 0. The van der Waals surface area contributed by atoms with E-state index in [2.05, 4.69) is 42.1 Å². The number of quaternary nitrogens is 4. The number of hydrogen-bond acceptors (Lipinski definition) is 6. The number of pyridine rings is 2. The van der Waals surface area contributed by atoms with Crippen LogP contribution in [0.2, 0.25) is 0 Å². The van der Waals surface area contributed by atoms with E-state index in [1.165, 1.54) is 0 Å². The Morgan fingerprint density at radius 1 is 0.557 bits per heavy atom. The van der Waals surface area contributed by atoms with Crippen LogP contribution in [0.15, 0.2) is 143 Å². The van der Waals surface area contributed by atoms with Crippen LogP contribution in [0.25, 0.3) is 0 Å². The van der Waals surface area contributed by atoms with Crippen molar-refractivity contribution in [3.8, 4) is 0 Å². The molecular weight excluding hydrogens is 1020 g/mol. The first-order valence-electron chi connectivity index (χ1n) is 22.3. The molecule has 6 atom stereocenters. The van der Waals surface area contributed by atoms with Gasteiger partial charge in [-0.1, -0.05) is 72.8 Å². The van der Waals surface area contributed by atoms with Gasteiger partial charge in [-0.15, -0.1) is 0 Å². The van der Waals surface area contributed by atoms with Crippen molar-refractivity contribution >= 4 is 36.3 Å². The van der Waals surface area contributed by atoms with Crippen LogP contribution in [-0.2, 0) is 32.0 Å². The second-order valence-electron chi connectivity index (χ2n) is 16.6. The van der Waals surface area contributed by atoms with Crippen LogP contribution in [0, 0.1) is 0 Å². The minimum atomic E-state index is -0.467. The molecule has 0 saturated carbocycles. The number of H-pyrrole nitrogens is 2. The maximum absolute atomic E-state index is 13.3. The Morgan fingerprint density at radius 3 is 1.26 bits per heavy atom. The summed E-state index contributed by atoms with van der Waals surface area (Å²) in [4.78, 5) is 71.2. The fraction of sp³-hybridized carbons (Fsp3) is 0.333. The molecule has 4 aliphatic rings. The third kappa shape index (κ3) is 17.7. The Labute approximate surface area is 446 Å². The minimum absolute atomic E-state index is 0. The number of rotatable bonds is 16. The highest BCUT2D eigenvalue weighted by atomic mass is 35.5. The van der Waals surface area contributed by atoms with Crippen LogP contribution >= 0.6 is 0 Å². The van der Waals surface area contributed by atoms with Crippen LogP contribution in [-0.4, -0.2) is 83.4 Å². The number of nitrogens with one attached hydrogen (secondary N) is 4. The Kier molecular flexibility index (Phi) is 28.9. The Morgan fingerprint density at radius 2 is 0.929 bits per heavy atom. The Hall–Kier alpha value is -4.98. The van der Waals surface area contributed by atoms with Gasteiger partial charge in [-0.2, -0.15) is 0 Å². The van der Waals surface area contributed by atoms with Crippen molar-refractivity contribution < 1.29 is 126 Å². The largest absolute Gasteiger partial charge is 1.00 e. The predicted molar refractivity (Wildman–Crippen MR) is 237 cm³/mol. The molecule has 2 fully saturated rings. The quantitative estimate of drug-likeness (QED) is 0.0641. The molecule has 4 amide bonds. The lowest BCUT2D eigenvalue weighted by molar-refractivity contribution is -0.448. The molecule has 70 heavy (non-hydrogen) atoms. The standard InChI is InChI=1S/2C24H28N6O2.6ClH/c2*25-20(13-19-15-26-16-28-19)24(32)30-12-6-10-22(30)23(31)29-21(17-7-2-1-3-8-17)14-18-9-4-5-11-27-18;;;;;;/h2*1-5,7-9,11,15-16,20-22H,6,10,12-14,25H2,(H,26,28)(H,29,31);6*1H/t2*20-,21-,22-;;;;;;/m00....../s1. The number of aromatic nitrogens is 2. The number of carbonyl (C=O) groups is 4. The molecule has 2 aromatic carbocycles. The van der Waals surface area contributed by atoms with Crippen LogP contribution in [0.4, 0.5) is 0 Å². The molecule has 2 aromatic heterocycles. The zero-order valence-corrected chi connectivity index (χ0v) is 43.0. The van der Waals surface area contributed by atoms with E-state index in [4.69, 9.17) is 0 Å². The summed E-state index contributed by atoms with van der Waals surface area (Å²) in [5.41, 5.74) is 13.9. The zero-order chi connectivity index (χ0) is 44.7. The van der Waals surface area contributed by atoms with Crippen LogP contribution in [0.5, 0.6) is 0 Å². The number of aromatic amines is 2. The van der Waals surface area contributed by atoms with Gasteiger partial charge in [-0.25, -0.2) is 20.0 Å². The maximum Gasteiger partial charge on any atom is 0.281 e. The first kappa shape index (κ1) is 63.0. The number of aliphatic imine (C=N–C) groups is 2. The lowest BCUT2D eigenvalue weighted by Gasteiger charge is -2.27. The summed E-state index contributed by atoms with van der Waals surface area (Å²) in [5.74, 6) is -0.393. The summed E-state index contributed by atoms with van der Waals surface area (Å²) >= 11 is 0. The smallest absolute Gasteiger partial charge is 0.281 e. The van der Waals surface area contributed by atoms with Gasteiger partial charge in [-0.05, 0) is 36.8 Å². The van der Waals surface area contributed by atoms with E-state index >= 15 is 0 Å². The lowest BCUT2D eigenvalue weighted by atomic mass is 10.0. The van der Waals surface area contributed by atoms with Crippen LogP contribution in [0.1, 0.15) is 73.1 Å². The molecule has 0 bridgehead atoms. The van der Waals surface area contributed by atoms with Gasteiger partial charge in [0, 0.05) is 37.4 Å². The van der Waals surface area contributed by atoms with Crippen molar-refractivity contribution in [2.24, 2.45) is 9.98 Å². The molecule has 4 aromatic rings. The van der Waals surface area contributed by atoms with Gasteiger partial charge in [0.25, 0.3) is 11.8 Å². The summed E-state index contributed by atoms with van der Waals surface area (Å²) in [6.45, 7) is 1.17. The number of benzene rings is 2. The third-order valence-corrected chi connectivity index (χ3v) is 11.9. The topological polar surface area (TPSA) is 240 Å². The molecule has 8 rings (SSSR count). The van der Waals surface area contributed by atoms with Gasteiger partial charge >= 0.3 is 0 Å². The number of hydrogen-bond donors (Lipinski definition) is 6. The Balaban J connectivity index is 0.000000645. The van der Waals surface area contributed by atoms with Crippen LogP contribution in [0.3, 0.4) is 0 Å². The maximum atomic E-state index is 13.3. The second kappa shape index (κ2) is 32.1. The monoisotopic (exact) mass is 1080 g/mol. The van der Waals surface area contributed by atoms with Gasteiger partial charge in [0.15, 0.2) is 48.5 Å². The molecule has 4 aliphatic heterocycles. The molecule has 0 unspecified atom stereocenters. The molecule has 380 valence electrons. The SMILES string of the molecule is [Cl-].[Cl-].[Cl-].[Cl-].[Cl-].[Cl-].[NH3+][C@@H](CC1=C[NH2+]C=N1)C(=O)N1CCC[C@H]1C(=O)N[C@@H](Cc1cccc[nH+]1)c1ccccc1.[NH3+][C@@H](CC1=C[NH2+]C=N1)C(=O)N1CCC[C@H]1C(=O)N[C@@H](Cc1cccc[nH+]1)c1ccccc1. The number of nitrogens with zero attached hydrogens (tertiary/aromatic N) is 4. The molecule has 6 heterocycles. The molecular formula is C48H62Cl6N12O4. The highest BCUT2D eigenvalue weighted by molar-refractivity contribution is 5.91. The van der Waals surface area contributed by atoms with E-state index in [0.717, 1.165) is 46.8 Å². The van der Waals surface area contributed by atoms with Crippen LogP contribution < -0.4 is 117 Å². The van der Waals surface area contributed by atoms with Gasteiger partial charge in [0.1, 0.15) is 35.9 Å². The number of halogens is 6. The van der Waals surface area contributed by atoms with E-state index in [1.807, 2.05) is 132 Å². The van der Waals surface area contributed by atoms with Crippen molar-refractivity contribution in [3.63, 3.8) is 0 Å². The molecule has 0 spiro atoms. The molecule has 22 heteroatoms. The minimum Gasteiger partial charge on any atom is -1.00 e. The molecule has 0 aliphatic carbocycles. The summed E-state index contributed by atoms with van der Waals surface area (Å²) in [7, 11) is 0. The number of nitrogens with two attached hydrogens (primary N) is 2. The first-order chi connectivity index (χ1) is 31.2. The average molecular weight is 1080 g/mol. The average Bonchev–Trinajstić information content (AvgIpc) is 4.19. The van der Waals surface area contributed by atoms with Gasteiger partial charge in [0.05, 0.1) is 37.8 Å². The Bertz CT molecular complexity index is 2180. The summed E-state index contributed by atoms with van der Waals surface area (Å²) in [6, 6.07) is 29.5. The summed E-state index contributed by atoms with van der Waals surface area (Å²) in [5, 5.41) is 10.1. The fourth-order valence-electron chi connectivity index (χ4n) is 8.63. The highest BCUT2D eigenvalue weighted by Crippen LogP contribution is 2.25. The van der Waals surface area contributed by atoms with Gasteiger partial charge in [0.2, 0.25) is 11.8 Å². The lowest BCUT2D eigenvalue weighted by Crippen LogP contribution is -3.00. The molecule has 0 radical (unpaired) electrons. The van der Waals surface area contributed by atoms with Gasteiger partial charge < -0.3 is 106 Å². The van der Waals surface area contributed by atoms with Crippen molar-refractivity contribution in [3.05, 3.63) is 156 Å². The molecule has 16 nitrogen and oxygen atoms in total.